The minimum Gasteiger partial charge on any atom is -0.488 e. The van der Waals surface area contributed by atoms with Crippen LogP contribution in [0, 0.1) is 0 Å². The summed E-state index contributed by atoms with van der Waals surface area (Å²) >= 11 is 0. The van der Waals surface area contributed by atoms with Gasteiger partial charge in [-0.3, -0.25) is 0 Å². The zero-order chi connectivity index (χ0) is 17.6. The molecule has 0 aliphatic rings. The molecular weight excluding hydrogens is 314 g/mol. The molecular formula is C21H23NO3. The van der Waals surface area contributed by atoms with Crippen LogP contribution in [0.1, 0.15) is 31.9 Å². The van der Waals surface area contributed by atoms with Gasteiger partial charge in [-0.2, -0.15) is 0 Å². The molecule has 0 aliphatic carbocycles. The Morgan fingerprint density at radius 1 is 1.04 bits per heavy atom. The summed E-state index contributed by atoms with van der Waals surface area (Å²) in [5, 5.41) is 1.00. The van der Waals surface area contributed by atoms with Crippen LogP contribution in [0.15, 0.2) is 60.8 Å². The summed E-state index contributed by atoms with van der Waals surface area (Å²) in [5.41, 5.74) is 2.10. The van der Waals surface area contributed by atoms with Gasteiger partial charge >= 0.3 is 5.97 Å². The fourth-order valence-corrected chi connectivity index (χ4v) is 3.01. The molecule has 3 aromatic rings. The average molecular weight is 337 g/mol. The molecule has 1 atom stereocenters. The van der Waals surface area contributed by atoms with Gasteiger partial charge in [-0.15, -0.1) is 0 Å². The number of nitrogens with zero attached hydrogens (tertiary/aromatic N) is 1. The Labute approximate surface area is 148 Å². The lowest BCUT2D eigenvalue weighted by Gasteiger charge is -2.17. The molecule has 1 aromatic heterocycles. The van der Waals surface area contributed by atoms with Crippen LogP contribution < -0.4 is 4.74 Å². The van der Waals surface area contributed by atoms with Gasteiger partial charge in [0.2, 0.25) is 0 Å². The molecule has 4 heteroatoms. The van der Waals surface area contributed by atoms with E-state index in [-0.39, 0.29) is 12.0 Å². The zero-order valence-electron chi connectivity index (χ0n) is 14.6. The fraction of sp³-hybridized carbons (Fsp3) is 0.286. The van der Waals surface area contributed by atoms with Crippen LogP contribution in [0.5, 0.6) is 5.75 Å². The SMILES string of the molecule is CCOC(=O)C(CC)n1ccc2c(OCc3ccccc3)cccc21. The minimum absolute atomic E-state index is 0.196. The summed E-state index contributed by atoms with van der Waals surface area (Å²) in [6, 6.07) is 17.7. The highest BCUT2D eigenvalue weighted by atomic mass is 16.5. The first-order chi connectivity index (χ1) is 12.2. The van der Waals surface area contributed by atoms with Crippen molar-refractivity contribution in [2.24, 2.45) is 0 Å². The van der Waals surface area contributed by atoms with E-state index in [9.17, 15) is 4.79 Å². The molecule has 0 N–H and O–H groups in total. The number of carbonyl (C=O) groups excluding carboxylic acids is 1. The smallest absolute Gasteiger partial charge is 0.329 e. The van der Waals surface area contributed by atoms with Gasteiger partial charge in [0.1, 0.15) is 18.4 Å². The highest BCUT2D eigenvalue weighted by molar-refractivity contribution is 5.88. The summed E-state index contributed by atoms with van der Waals surface area (Å²) < 4.78 is 13.2. The van der Waals surface area contributed by atoms with E-state index in [1.165, 1.54) is 0 Å². The first-order valence-corrected chi connectivity index (χ1v) is 8.67. The zero-order valence-corrected chi connectivity index (χ0v) is 14.6. The van der Waals surface area contributed by atoms with Crippen molar-refractivity contribution in [2.75, 3.05) is 6.61 Å². The van der Waals surface area contributed by atoms with Crippen molar-refractivity contribution in [3.05, 3.63) is 66.4 Å². The molecule has 0 fully saturated rings. The number of ether oxygens (including phenoxy) is 2. The Balaban J connectivity index is 1.88. The second-order valence-corrected chi connectivity index (χ2v) is 5.86. The van der Waals surface area contributed by atoms with Crippen molar-refractivity contribution in [3.63, 3.8) is 0 Å². The van der Waals surface area contributed by atoms with Gasteiger partial charge in [0.05, 0.1) is 12.1 Å². The summed E-state index contributed by atoms with van der Waals surface area (Å²) in [7, 11) is 0. The van der Waals surface area contributed by atoms with E-state index in [2.05, 4.69) is 0 Å². The van der Waals surface area contributed by atoms with Crippen LogP contribution in [0.4, 0.5) is 0 Å². The Morgan fingerprint density at radius 3 is 2.56 bits per heavy atom. The summed E-state index contributed by atoms with van der Waals surface area (Å²) in [5.74, 6) is 0.622. The summed E-state index contributed by atoms with van der Waals surface area (Å²) in [6.07, 6.45) is 2.61. The molecule has 4 nitrogen and oxygen atoms in total. The quantitative estimate of drug-likeness (QED) is 0.585. The van der Waals surface area contributed by atoms with Gasteiger partial charge in [0.15, 0.2) is 0 Å². The number of benzene rings is 2. The minimum atomic E-state index is -0.318. The Hall–Kier alpha value is -2.75. The largest absolute Gasteiger partial charge is 0.488 e. The molecule has 0 amide bonds. The monoisotopic (exact) mass is 337 g/mol. The van der Waals surface area contributed by atoms with Gasteiger partial charge in [0, 0.05) is 11.6 Å². The first kappa shape index (κ1) is 17.1. The van der Waals surface area contributed by atoms with Gasteiger partial charge in [-0.25, -0.2) is 4.79 Å². The first-order valence-electron chi connectivity index (χ1n) is 8.67. The van der Waals surface area contributed by atoms with Crippen molar-refractivity contribution < 1.29 is 14.3 Å². The molecule has 0 spiro atoms. The Kier molecular flexibility index (Phi) is 5.39. The molecule has 3 rings (SSSR count). The van der Waals surface area contributed by atoms with Crippen molar-refractivity contribution in [3.8, 4) is 5.75 Å². The Bertz CT molecular complexity index is 839. The number of aromatic nitrogens is 1. The van der Waals surface area contributed by atoms with Crippen molar-refractivity contribution >= 4 is 16.9 Å². The third-order valence-electron chi connectivity index (χ3n) is 4.24. The van der Waals surface area contributed by atoms with Crippen molar-refractivity contribution in [1.29, 1.82) is 0 Å². The highest BCUT2D eigenvalue weighted by Crippen LogP contribution is 2.30. The normalized spacial score (nSPS) is 12.1. The topological polar surface area (TPSA) is 40.5 Å². The highest BCUT2D eigenvalue weighted by Gasteiger charge is 2.21. The third kappa shape index (κ3) is 3.68. The molecule has 0 bridgehead atoms. The van der Waals surface area contributed by atoms with E-state index in [1.807, 2.05) is 79.2 Å². The molecule has 1 heterocycles. The van der Waals surface area contributed by atoms with E-state index in [1.54, 1.807) is 0 Å². The summed E-state index contributed by atoms with van der Waals surface area (Å²) in [6.45, 7) is 4.72. The maximum atomic E-state index is 12.2. The van der Waals surface area contributed by atoms with E-state index in [4.69, 9.17) is 9.47 Å². The van der Waals surface area contributed by atoms with Gasteiger partial charge in [-0.05, 0) is 37.1 Å². The third-order valence-corrected chi connectivity index (χ3v) is 4.24. The van der Waals surface area contributed by atoms with Crippen LogP contribution >= 0.6 is 0 Å². The maximum absolute atomic E-state index is 12.2. The Morgan fingerprint density at radius 2 is 1.84 bits per heavy atom. The van der Waals surface area contributed by atoms with Crippen LogP contribution in [-0.4, -0.2) is 17.1 Å². The predicted octanol–water partition coefficient (Wildman–Crippen LogP) is 4.73. The maximum Gasteiger partial charge on any atom is 0.329 e. The molecule has 2 aromatic carbocycles. The molecule has 25 heavy (non-hydrogen) atoms. The molecule has 1 unspecified atom stereocenters. The second-order valence-electron chi connectivity index (χ2n) is 5.86. The van der Waals surface area contributed by atoms with Crippen LogP contribution in [0.25, 0.3) is 10.9 Å². The lowest BCUT2D eigenvalue weighted by atomic mass is 10.2. The van der Waals surface area contributed by atoms with Gasteiger partial charge in [0.25, 0.3) is 0 Å². The molecule has 0 radical (unpaired) electrons. The van der Waals surface area contributed by atoms with Crippen LogP contribution in [0.3, 0.4) is 0 Å². The second kappa shape index (κ2) is 7.88. The number of hydrogen-bond donors (Lipinski definition) is 0. The number of hydrogen-bond acceptors (Lipinski definition) is 3. The van der Waals surface area contributed by atoms with E-state index < -0.39 is 0 Å². The van der Waals surface area contributed by atoms with Crippen LogP contribution in [-0.2, 0) is 16.1 Å². The van der Waals surface area contributed by atoms with Crippen LogP contribution in [0.2, 0.25) is 0 Å². The molecule has 130 valence electrons. The summed E-state index contributed by atoms with van der Waals surface area (Å²) in [4.78, 5) is 12.2. The fourth-order valence-electron chi connectivity index (χ4n) is 3.01. The number of rotatable bonds is 7. The molecule has 0 aliphatic heterocycles. The van der Waals surface area contributed by atoms with E-state index >= 15 is 0 Å². The van der Waals surface area contributed by atoms with Crippen molar-refractivity contribution in [1.82, 2.24) is 4.57 Å². The average Bonchev–Trinajstić information content (AvgIpc) is 3.06. The number of fused-ring (bicyclic) bond motifs is 1. The molecule has 0 saturated carbocycles. The van der Waals surface area contributed by atoms with Gasteiger partial charge < -0.3 is 14.0 Å². The number of esters is 1. The van der Waals surface area contributed by atoms with E-state index in [0.717, 1.165) is 22.2 Å². The standard InChI is InChI=1S/C21H23NO3/c1-3-18(21(23)24-4-2)22-14-13-17-19(22)11-8-12-20(17)25-15-16-9-6-5-7-10-16/h5-14,18H,3-4,15H2,1-2H3. The lowest BCUT2D eigenvalue weighted by molar-refractivity contribution is -0.147. The molecule has 0 saturated heterocycles. The van der Waals surface area contributed by atoms with Gasteiger partial charge in [-0.1, -0.05) is 43.3 Å². The predicted molar refractivity (Wildman–Crippen MR) is 98.7 cm³/mol. The number of carbonyl (C=O) groups is 1. The lowest BCUT2D eigenvalue weighted by Crippen LogP contribution is -2.20. The van der Waals surface area contributed by atoms with Crippen molar-refractivity contribution in [2.45, 2.75) is 32.9 Å². The van der Waals surface area contributed by atoms with E-state index in [0.29, 0.717) is 19.6 Å².